The Hall–Kier alpha value is -1.20. The van der Waals surface area contributed by atoms with Gasteiger partial charge >= 0.3 is 0 Å². The maximum absolute atomic E-state index is 13.5. The van der Waals surface area contributed by atoms with Crippen LogP contribution in [-0.4, -0.2) is 22.3 Å². The average molecular weight is 325 g/mol. The van der Waals surface area contributed by atoms with Crippen molar-refractivity contribution in [3.05, 3.63) is 40.9 Å². The standard InChI is InChI=1S/C14H14BrFN2O/c15-11-6-10(7-12(16)8-11)14-17-3-4-18(14)9-13-2-1-5-19-13/h3-4,6-8,13H,1-2,5,9H2. The zero-order valence-electron chi connectivity index (χ0n) is 10.4. The number of imidazole rings is 1. The molecule has 2 heterocycles. The first-order valence-electron chi connectivity index (χ1n) is 6.31. The van der Waals surface area contributed by atoms with Gasteiger partial charge in [-0.3, -0.25) is 0 Å². The van der Waals surface area contributed by atoms with Gasteiger partial charge in [-0.2, -0.15) is 0 Å². The zero-order valence-corrected chi connectivity index (χ0v) is 11.9. The van der Waals surface area contributed by atoms with Gasteiger partial charge in [-0.1, -0.05) is 15.9 Å². The first-order chi connectivity index (χ1) is 9.22. The third-order valence-electron chi connectivity index (χ3n) is 3.26. The normalized spacial score (nSPS) is 18.9. The molecule has 3 rings (SSSR count). The molecular weight excluding hydrogens is 311 g/mol. The van der Waals surface area contributed by atoms with E-state index in [1.807, 2.05) is 16.8 Å². The Morgan fingerprint density at radius 1 is 1.42 bits per heavy atom. The minimum absolute atomic E-state index is 0.241. The second-order valence-corrected chi connectivity index (χ2v) is 5.61. The molecule has 0 saturated carbocycles. The maximum atomic E-state index is 13.5. The number of ether oxygens (including phenoxy) is 1. The van der Waals surface area contributed by atoms with Gasteiger partial charge in [0.15, 0.2) is 0 Å². The highest BCUT2D eigenvalue weighted by atomic mass is 79.9. The molecule has 1 atom stereocenters. The fraction of sp³-hybridized carbons (Fsp3) is 0.357. The van der Waals surface area contributed by atoms with Gasteiger partial charge in [0.25, 0.3) is 0 Å². The Morgan fingerprint density at radius 2 is 2.32 bits per heavy atom. The van der Waals surface area contributed by atoms with Crippen LogP contribution in [0.15, 0.2) is 35.1 Å². The van der Waals surface area contributed by atoms with Crippen molar-refractivity contribution in [2.45, 2.75) is 25.5 Å². The van der Waals surface area contributed by atoms with Crippen molar-refractivity contribution in [3.63, 3.8) is 0 Å². The third-order valence-corrected chi connectivity index (χ3v) is 3.72. The van der Waals surface area contributed by atoms with Gasteiger partial charge in [-0.15, -0.1) is 0 Å². The van der Waals surface area contributed by atoms with Crippen LogP contribution in [-0.2, 0) is 11.3 Å². The molecule has 1 aromatic heterocycles. The van der Waals surface area contributed by atoms with Gasteiger partial charge < -0.3 is 9.30 Å². The lowest BCUT2D eigenvalue weighted by molar-refractivity contribution is 0.0974. The summed E-state index contributed by atoms with van der Waals surface area (Å²) in [5.74, 6) is 0.506. The smallest absolute Gasteiger partial charge is 0.140 e. The quantitative estimate of drug-likeness (QED) is 0.862. The number of hydrogen-bond donors (Lipinski definition) is 0. The summed E-state index contributed by atoms with van der Waals surface area (Å²) >= 11 is 3.31. The Morgan fingerprint density at radius 3 is 3.05 bits per heavy atom. The lowest BCUT2D eigenvalue weighted by atomic mass is 10.2. The van der Waals surface area contributed by atoms with Gasteiger partial charge in [-0.25, -0.2) is 9.37 Å². The SMILES string of the molecule is Fc1cc(Br)cc(-c2nccn2CC2CCCO2)c1. The molecule has 5 heteroatoms. The van der Waals surface area contributed by atoms with Crippen LogP contribution in [0.25, 0.3) is 11.4 Å². The number of rotatable bonds is 3. The fourth-order valence-corrected chi connectivity index (χ4v) is 2.87. The monoisotopic (exact) mass is 324 g/mol. The summed E-state index contributed by atoms with van der Waals surface area (Å²) in [4.78, 5) is 4.33. The first-order valence-corrected chi connectivity index (χ1v) is 7.11. The van der Waals surface area contributed by atoms with E-state index in [0.29, 0.717) is 4.47 Å². The molecule has 1 aromatic carbocycles. The van der Waals surface area contributed by atoms with Crippen LogP contribution in [0, 0.1) is 5.82 Å². The molecule has 0 spiro atoms. The number of aromatic nitrogens is 2. The first kappa shape index (κ1) is 12.8. The predicted octanol–water partition coefficient (Wildman–Crippen LogP) is 3.63. The molecule has 1 unspecified atom stereocenters. The lowest BCUT2D eigenvalue weighted by Gasteiger charge is -2.13. The summed E-state index contributed by atoms with van der Waals surface area (Å²) in [7, 11) is 0. The Bertz CT molecular complexity index is 558. The van der Waals surface area contributed by atoms with Crippen LogP contribution in [0.1, 0.15) is 12.8 Å². The van der Waals surface area contributed by atoms with Crippen molar-refractivity contribution in [2.75, 3.05) is 6.61 Å². The molecule has 1 saturated heterocycles. The summed E-state index contributed by atoms with van der Waals surface area (Å²) in [6.45, 7) is 1.60. The van der Waals surface area contributed by atoms with Crippen LogP contribution in [0.2, 0.25) is 0 Å². The highest BCUT2D eigenvalue weighted by Gasteiger charge is 2.18. The molecule has 19 heavy (non-hydrogen) atoms. The van der Waals surface area contributed by atoms with Crippen LogP contribution in [0.4, 0.5) is 4.39 Å². The fourth-order valence-electron chi connectivity index (χ4n) is 2.41. The number of nitrogens with zero attached hydrogens (tertiary/aromatic N) is 2. The molecule has 0 bridgehead atoms. The second-order valence-electron chi connectivity index (χ2n) is 4.70. The summed E-state index contributed by atoms with van der Waals surface area (Å²) in [5, 5.41) is 0. The van der Waals surface area contributed by atoms with Crippen LogP contribution >= 0.6 is 15.9 Å². The predicted molar refractivity (Wildman–Crippen MR) is 74.3 cm³/mol. The molecule has 3 nitrogen and oxygen atoms in total. The summed E-state index contributed by atoms with van der Waals surface area (Å²) < 4.78 is 21.8. The van der Waals surface area contributed by atoms with Gasteiger partial charge in [0.05, 0.1) is 12.6 Å². The summed E-state index contributed by atoms with van der Waals surface area (Å²) in [6, 6.07) is 4.81. The Labute approximate surface area is 119 Å². The molecule has 0 radical (unpaired) electrons. The Balaban J connectivity index is 1.90. The van der Waals surface area contributed by atoms with Crippen LogP contribution in [0.5, 0.6) is 0 Å². The van der Waals surface area contributed by atoms with Crippen LogP contribution in [0.3, 0.4) is 0 Å². The molecular formula is C14H14BrFN2O. The summed E-state index contributed by atoms with van der Waals surface area (Å²) in [6.07, 6.45) is 6.08. The van der Waals surface area contributed by atoms with E-state index in [-0.39, 0.29) is 11.9 Å². The van der Waals surface area contributed by atoms with E-state index in [1.165, 1.54) is 12.1 Å². The van der Waals surface area contributed by atoms with Gasteiger partial charge in [-0.05, 0) is 31.0 Å². The van der Waals surface area contributed by atoms with Gasteiger partial charge in [0.2, 0.25) is 0 Å². The summed E-state index contributed by atoms with van der Waals surface area (Å²) in [5.41, 5.74) is 0.773. The van der Waals surface area contributed by atoms with E-state index in [9.17, 15) is 4.39 Å². The largest absolute Gasteiger partial charge is 0.376 e. The molecule has 2 aromatic rings. The van der Waals surface area contributed by atoms with E-state index in [4.69, 9.17) is 4.74 Å². The van der Waals surface area contributed by atoms with E-state index in [2.05, 4.69) is 20.9 Å². The molecule has 1 fully saturated rings. The van der Waals surface area contributed by atoms with Gasteiger partial charge in [0.1, 0.15) is 11.6 Å². The van der Waals surface area contributed by atoms with Crippen molar-refractivity contribution < 1.29 is 9.13 Å². The third kappa shape index (κ3) is 2.87. The minimum atomic E-state index is -0.268. The zero-order chi connectivity index (χ0) is 13.2. The van der Waals surface area contributed by atoms with Crippen molar-refractivity contribution in [2.24, 2.45) is 0 Å². The van der Waals surface area contributed by atoms with E-state index in [0.717, 1.165) is 37.4 Å². The molecule has 1 aliphatic rings. The van der Waals surface area contributed by atoms with Crippen molar-refractivity contribution in [3.8, 4) is 11.4 Å². The second kappa shape index (κ2) is 5.43. The van der Waals surface area contributed by atoms with Crippen molar-refractivity contribution in [1.82, 2.24) is 9.55 Å². The molecule has 1 aliphatic heterocycles. The number of halogens is 2. The van der Waals surface area contributed by atoms with E-state index in [1.54, 1.807) is 6.20 Å². The van der Waals surface area contributed by atoms with E-state index < -0.39 is 0 Å². The highest BCUT2D eigenvalue weighted by Crippen LogP contribution is 2.24. The van der Waals surface area contributed by atoms with Crippen molar-refractivity contribution >= 4 is 15.9 Å². The minimum Gasteiger partial charge on any atom is -0.376 e. The molecule has 0 amide bonds. The lowest BCUT2D eigenvalue weighted by Crippen LogP contribution is -2.15. The molecule has 0 aliphatic carbocycles. The highest BCUT2D eigenvalue weighted by molar-refractivity contribution is 9.10. The molecule has 0 N–H and O–H groups in total. The number of hydrogen-bond acceptors (Lipinski definition) is 2. The van der Waals surface area contributed by atoms with Crippen LogP contribution < -0.4 is 0 Å². The van der Waals surface area contributed by atoms with Crippen molar-refractivity contribution in [1.29, 1.82) is 0 Å². The van der Waals surface area contributed by atoms with E-state index >= 15 is 0 Å². The molecule has 100 valence electrons. The number of benzene rings is 1. The average Bonchev–Trinajstić information content (AvgIpc) is 2.99. The topological polar surface area (TPSA) is 27.1 Å². The maximum Gasteiger partial charge on any atom is 0.140 e. The van der Waals surface area contributed by atoms with Gasteiger partial charge in [0, 0.05) is 29.0 Å². The Kier molecular flexibility index (Phi) is 3.66.